The molecule has 1 aromatic carbocycles. The molecule has 0 N–H and O–H groups in total. The lowest BCUT2D eigenvalue weighted by atomic mass is 10.1. The second kappa shape index (κ2) is 8.71. The van der Waals surface area contributed by atoms with Crippen LogP contribution in [0.2, 0.25) is 0 Å². The Kier molecular flexibility index (Phi) is 5.87. The van der Waals surface area contributed by atoms with Gasteiger partial charge in [-0.15, -0.1) is 0 Å². The lowest BCUT2D eigenvalue weighted by Crippen LogP contribution is -2.37. The molecule has 0 spiro atoms. The number of hydrogen-bond acceptors (Lipinski definition) is 7. The third-order valence-corrected chi connectivity index (χ3v) is 4.94. The number of pyridine rings is 1. The molecule has 29 heavy (non-hydrogen) atoms. The van der Waals surface area contributed by atoms with Crippen LogP contribution in [0.5, 0.6) is 6.01 Å². The summed E-state index contributed by atoms with van der Waals surface area (Å²) in [6.45, 7) is 6.41. The largest absolute Gasteiger partial charge is 0.462 e. The Morgan fingerprint density at radius 1 is 1.14 bits per heavy atom. The summed E-state index contributed by atoms with van der Waals surface area (Å²) in [5.41, 5.74) is 4.00. The molecule has 0 bridgehead atoms. The van der Waals surface area contributed by atoms with Gasteiger partial charge in [-0.05, 0) is 33.2 Å². The van der Waals surface area contributed by atoms with E-state index in [9.17, 15) is 0 Å². The number of morpholine rings is 1. The van der Waals surface area contributed by atoms with E-state index in [1.54, 1.807) is 0 Å². The maximum atomic E-state index is 5.84. The molecular weight excluding hydrogens is 366 g/mol. The summed E-state index contributed by atoms with van der Waals surface area (Å²) >= 11 is 0. The molecule has 0 unspecified atom stereocenters. The summed E-state index contributed by atoms with van der Waals surface area (Å²) in [5.74, 6) is 0.884. The van der Waals surface area contributed by atoms with Crippen LogP contribution in [0.4, 0.5) is 5.82 Å². The molecule has 4 rings (SSSR count). The number of benzene rings is 1. The number of likely N-dealkylation sites (N-methyl/N-ethyl adjacent to an activating group) is 1. The van der Waals surface area contributed by atoms with Gasteiger partial charge >= 0.3 is 6.01 Å². The van der Waals surface area contributed by atoms with Gasteiger partial charge in [-0.25, -0.2) is 0 Å². The van der Waals surface area contributed by atoms with Crippen molar-refractivity contribution in [3.63, 3.8) is 0 Å². The molecule has 0 atom stereocenters. The quantitative estimate of drug-likeness (QED) is 0.638. The Morgan fingerprint density at radius 3 is 2.72 bits per heavy atom. The predicted molar refractivity (Wildman–Crippen MR) is 115 cm³/mol. The van der Waals surface area contributed by atoms with Gasteiger partial charge in [0.1, 0.15) is 12.4 Å². The lowest BCUT2D eigenvalue weighted by Gasteiger charge is -2.28. The lowest BCUT2D eigenvalue weighted by molar-refractivity contribution is 0.122. The number of aryl methyl sites for hydroxylation is 1. The molecule has 1 saturated heterocycles. The molecule has 7 heteroatoms. The minimum Gasteiger partial charge on any atom is -0.462 e. The Bertz CT molecular complexity index is 986. The first-order chi connectivity index (χ1) is 14.1. The van der Waals surface area contributed by atoms with E-state index in [-0.39, 0.29) is 0 Å². The van der Waals surface area contributed by atoms with Crippen LogP contribution in [0.15, 0.2) is 36.5 Å². The van der Waals surface area contributed by atoms with E-state index in [1.807, 2.05) is 20.3 Å². The van der Waals surface area contributed by atoms with Gasteiger partial charge in [-0.1, -0.05) is 23.8 Å². The van der Waals surface area contributed by atoms with Gasteiger partial charge in [0.05, 0.1) is 30.6 Å². The zero-order valence-corrected chi connectivity index (χ0v) is 17.3. The first-order valence-electron chi connectivity index (χ1n) is 9.95. The van der Waals surface area contributed by atoms with E-state index in [0.717, 1.165) is 47.6 Å². The molecule has 1 aliphatic heterocycles. The van der Waals surface area contributed by atoms with Gasteiger partial charge < -0.3 is 19.3 Å². The zero-order valence-electron chi connectivity index (χ0n) is 17.3. The fourth-order valence-corrected chi connectivity index (χ4v) is 3.36. The van der Waals surface area contributed by atoms with Crippen molar-refractivity contribution >= 4 is 16.7 Å². The normalized spacial score (nSPS) is 14.6. The van der Waals surface area contributed by atoms with Crippen LogP contribution in [0.3, 0.4) is 0 Å². The smallest absolute Gasteiger partial charge is 0.319 e. The maximum Gasteiger partial charge on any atom is 0.319 e. The molecule has 1 aliphatic rings. The summed E-state index contributed by atoms with van der Waals surface area (Å²) in [5, 5.41) is 0.985. The molecule has 1 fully saturated rings. The molecule has 152 valence electrons. The molecule has 0 radical (unpaired) electrons. The number of nitrogens with zero attached hydrogens (tertiary/aromatic N) is 5. The fraction of sp³-hybridized carbons (Fsp3) is 0.409. The van der Waals surface area contributed by atoms with Gasteiger partial charge in [0, 0.05) is 30.6 Å². The topological polar surface area (TPSA) is 63.6 Å². The van der Waals surface area contributed by atoms with Crippen molar-refractivity contribution in [2.45, 2.75) is 6.92 Å². The van der Waals surface area contributed by atoms with Crippen molar-refractivity contribution in [3.8, 4) is 17.3 Å². The summed E-state index contributed by atoms with van der Waals surface area (Å²) in [7, 11) is 4.03. The molecule has 3 heterocycles. The number of ether oxygens (including phenoxy) is 2. The zero-order chi connectivity index (χ0) is 20.2. The molecule has 3 aromatic rings. The number of rotatable bonds is 6. The van der Waals surface area contributed by atoms with Crippen LogP contribution in [-0.4, -0.2) is 73.4 Å². The van der Waals surface area contributed by atoms with Crippen molar-refractivity contribution in [3.05, 3.63) is 42.1 Å². The maximum absolute atomic E-state index is 5.84. The van der Waals surface area contributed by atoms with Crippen LogP contribution in [0, 0.1) is 6.92 Å². The molecule has 7 nitrogen and oxygen atoms in total. The minimum absolute atomic E-state index is 0.394. The van der Waals surface area contributed by atoms with Crippen LogP contribution in [0.1, 0.15) is 5.56 Å². The molecule has 0 amide bonds. The Labute approximate surface area is 171 Å². The fourth-order valence-electron chi connectivity index (χ4n) is 3.36. The second-order valence-corrected chi connectivity index (χ2v) is 7.54. The summed E-state index contributed by atoms with van der Waals surface area (Å²) in [4.78, 5) is 18.3. The van der Waals surface area contributed by atoms with E-state index in [1.165, 1.54) is 5.56 Å². The average Bonchev–Trinajstić information content (AvgIpc) is 2.73. The standard InChI is InChI=1S/C22H27N5O2/c1-16-5-4-6-17(13-16)19-14-18-20(15-23-19)24-22(29-12-7-26(2)3)25-21(18)27-8-10-28-11-9-27/h4-6,13-15H,7-12H2,1-3H3. The van der Waals surface area contributed by atoms with Crippen molar-refractivity contribution < 1.29 is 9.47 Å². The highest BCUT2D eigenvalue weighted by Crippen LogP contribution is 2.30. The van der Waals surface area contributed by atoms with Gasteiger partial charge in [0.25, 0.3) is 0 Å². The Hall–Kier alpha value is -2.77. The van der Waals surface area contributed by atoms with Gasteiger partial charge in [-0.3, -0.25) is 4.98 Å². The highest BCUT2D eigenvalue weighted by atomic mass is 16.5. The second-order valence-electron chi connectivity index (χ2n) is 7.54. The SMILES string of the molecule is Cc1cccc(-c2cc3c(N4CCOCC4)nc(OCCN(C)C)nc3cn2)c1. The highest BCUT2D eigenvalue weighted by molar-refractivity contribution is 5.92. The predicted octanol–water partition coefficient (Wildman–Crippen LogP) is 2.78. The van der Waals surface area contributed by atoms with Gasteiger partial charge in [0.2, 0.25) is 0 Å². The first-order valence-corrected chi connectivity index (χ1v) is 9.95. The number of anilines is 1. The van der Waals surface area contributed by atoms with Crippen LogP contribution >= 0.6 is 0 Å². The van der Waals surface area contributed by atoms with E-state index in [4.69, 9.17) is 14.5 Å². The van der Waals surface area contributed by atoms with Crippen molar-refractivity contribution in [2.24, 2.45) is 0 Å². The number of hydrogen-bond donors (Lipinski definition) is 0. The van der Waals surface area contributed by atoms with Crippen molar-refractivity contribution in [2.75, 3.05) is 58.5 Å². The van der Waals surface area contributed by atoms with Crippen LogP contribution in [0.25, 0.3) is 22.2 Å². The third kappa shape index (κ3) is 4.63. The monoisotopic (exact) mass is 393 g/mol. The van der Waals surface area contributed by atoms with Crippen LogP contribution < -0.4 is 9.64 Å². The van der Waals surface area contributed by atoms with Gasteiger partial charge in [-0.2, -0.15) is 9.97 Å². The highest BCUT2D eigenvalue weighted by Gasteiger charge is 2.19. The van der Waals surface area contributed by atoms with E-state index >= 15 is 0 Å². The van der Waals surface area contributed by atoms with E-state index < -0.39 is 0 Å². The number of aromatic nitrogens is 3. The molecule has 0 aliphatic carbocycles. The summed E-state index contributed by atoms with van der Waals surface area (Å²) < 4.78 is 11.4. The minimum atomic E-state index is 0.394. The Morgan fingerprint density at radius 2 is 1.97 bits per heavy atom. The summed E-state index contributed by atoms with van der Waals surface area (Å²) in [6, 6.07) is 10.8. The molecular formula is C22H27N5O2. The van der Waals surface area contributed by atoms with Gasteiger partial charge in [0.15, 0.2) is 0 Å². The van der Waals surface area contributed by atoms with E-state index in [0.29, 0.717) is 25.8 Å². The van der Waals surface area contributed by atoms with Crippen molar-refractivity contribution in [1.82, 2.24) is 19.9 Å². The molecule has 0 saturated carbocycles. The Balaban J connectivity index is 1.75. The molecule has 2 aromatic heterocycles. The van der Waals surface area contributed by atoms with Crippen LogP contribution in [-0.2, 0) is 4.74 Å². The summed E-state index contributed by atoms with van der Waals surface area (Å²) in [6.07, 6.45) is 1.82. The van der Waals surface area contributed by atoms with Crippen molar-refractivity contribution in [1.29, 1.82) is 0 Å². The average molecular weight is 393 g/mol. The third-order valence-electron chi connectivity index (χ3n) is 4.94. The number of fused-ring (bicyclic) bond motifs is 1. The van der Waals surface area contributed by atoms with E-state index in [2.05, 4.69) is 57.0 Å². The first kappa shape index (κ1) is 19.5.